The molecule has 0 aromatic heterocycles. The van der Waals surface area contributed by atoms with Gasteiger partial charge in [0.1, 0.15) is 12.0 Å². The third-order valence-electron chi connectivity index (χ3n) is 3.80. The summed E-state index contributed by atoms with van der Waals surface area (Å²) in [7, 11) is 0. The molecule has 0 spiro atoms. The van der Waals surface area contributed by atoms with Crippen molar-refractivity contribution in [1.82, 2.24) is 0 Å². The second-order valence-electron chi connectivity index (χ2n) is 5.18. The number of anilines is 2. The third kappa shape index (κ3) is 2.50. The second-order valence-corrected chi connectivity index (χ2v) is 5.18. The van der Waals surface area contributed by atoms with Gasteiger partial charge in [0.15, 0.2) is 0 Å². The average Bonchev–Trinajstić information content (AvgIpc) is 2.55. The maximum absolute atomic E-state index is 14.1. The Morgan fingerprint density at radius 3 is 2.70 bits per heavy atom. The Morgan fingerprint density at radius 1 is 1.30 bits per heavy atom. The van der Waals surface area contributed by atoms with E-state index in [1.165, 1.54) is 35.2 Å². The monoisotopic (exact) mass is 315 g/mol. The zero-order valence-electron chi connectivity index (χ0n) is 12.3. The number of fused-ring (bicyclic) bond motifs is 1. The van der Waals surface area contributed by atoms with E-state index in [1.54, 1.807) is 12.1 Å². The number of hydrogen-bond acceptors (Lipinski definition) is 4. The molecular weight excluding hydrogens is 301 g/mol. The quantitative estimate of drug-likeness (QED) is 0.694. The third-order valence-corrected chi connectivity index (χ3v) is 3.80. The Balaban J connectivity index is 2.12. The van der Waals surface area contributed by atoms with Gasteiger partial charge in [-0.1, -0.05) is 19.1 Å². The van der Waals surface area contributed by atoms with E-state index in [9.17, 15) is 19.3 Å². The standard InChI is InChI=1S/C16H14FN3O3/c1-2-15-18-13-8-7-10(20(22)23)9-11(13)16(21)19(15)14-6-4-3-5-12(14)17/h3-9,15,18H,2H2,1H3. The number of benzene rings is 2. The fourth-order valence-corrected chi connectivity index (χ4v) is 2.67. The van der Waals surface area contributed by atoms with Gasteiger partial charge in [0, 0.05) is 17.8 Å². The van der Waals surface area contributed by atoms with E-state index in [2.05, 4.69) is 5.32 Å². The van der Waals surface area contributed by atoms with E-state index in [-0.39, 0.29) is 16.9 Å². The Hall–Kier alpha value is -2.96. The SMILES string of the molecule is CCC1Nc2ccc([N+](=O)[O-])cc2C(=O)N1c1ccccc1F. The lowest BCUT2D eigenvalue weighted by molar-refractivity contribution is -0.384. The number of nitro groups is 1. The molecule has 7 heteroatoms. The molecule has 1 N–H and O–H groups in total. The normalized spacial score (nSPS) is 16.7. The summed E-state index contributed by atoms with van der Waals surface area (Å²) in [6.07, 6.45) is 0.129. The lowest BCUT2D eigenvalue weighted by Crippen LogP contribution is -2.49. The molecule has 1 aliphatic rings. The van der Waals surface area contributed by atoms with Crippen LogP contribution in [0.15, 0.2) is 42.5 Å². The zero-order chi connectivity index (χ0) is 16.6. The molecule has 3 rings (SSSR count). The molecule has 0 saturated heterocycles. The first-order chi connectivity index (χ1) is 11.0. The van der Waals surface area contributed by atoms with Gasteiger partial charge in [0.2, 0.25) is 0 Å². The highest BCUT2D eigenvalue weighted by Crippen LogP contribution is 2.33. The van der Waals surface area contributed by atoms with Crippen molar-refractivity contribution >= 4 is 23.0 Å². The van der Waals surface area contributed by atoms with Crippen LogP contribution < -0.4 is 10.2 Å². The molecule has 2 aromatic rings. The minimum atomic E-state index is -0.563. The van der Waals surface area contributed by atoms with Gasteiger partial charge in [-0.3, -0.25) is 19.8 Å². The fraction of sp³-hybridized carbons (Fsp3) is 0.188. The van der Waals surface area contributed by atoms with E-state index in [4.69, 9.17) is 0 Å². The molecule has 0 bridgehead atoms. The van der Waals surface area contributed by atoms with Gasteiger partial charge >= 0.3 is 0 Å². The predicted molar refractivity (Wildman–Crippen MR) is 84.0 cm³/mol. The number of non-ortho nitro benzene ring substituents is 1. The van der Waals surface area contributed by atoms with Crippen molar-refractivity contribution in [2.24, 2.45) is 0 Å². The van der Waals surface area contributed by atoms with Crippen LogP contribution in [-0.2, 0) is 0 Å². The lowest BCUT2D eigenvalue weighted by atomic mass is 10.0. The number of halogens is 1. The molecule has 23 heavy (non-hydrogen) atoms. The maximum Gasteiger partial charge on any atom is 0.270 e. The first-order valence-corrected chi connectivity index (χ1v) is 7.16. The number of carbonyl (C=O) groups is 1. The lowest BCUT2D eigenvalue weighted by Gasteiger charge is -2.37. The number of nitro benzene ring substituents is 1. The molecule has 1 heterocycles. The predicted octanol–water partition coefficient (Wildman–Crippen LogP) is 3.54. The van der Waals surface area contributed by atoms with E-state index in [0.717, 1.165) is 0 Å². The van der Waals surface area contributed by atoms with Crippen LogP contribution in [0.4, 0.5) is 21.5 Å². The van der Waals surface area contributed by atoms with Gasteiger partial charge in [-0.05, 0) is 24.6 Å². The van der Waals surface area contributed by atoms with E-state index >= 15 is 0 Å². The molecule has 1 aliphatic heterocycles. The number of nitrogens with one attached hydrogen (secondary N) is 1. The van der Waals surface area contributed by atoms with Crippen molar-refractivity contribution in [3.05, 3.63) is 64.0 Å². The van der Waals surface area contributed by atoms with Gasteiger partial charge in [-0.2, -0.15) is 0 Å². The first-order valence-electron chi connectivity index (χ1n) is 7.16. The van der Waals surface area contributed by atoms with Gasteiger partial charge < -0.3 is 5.32 Å². The van der Waals surface area contributed by atoms with Crippen LogP contribution in [0, 0.1) is 15.9 Å². The summed E-state index contributed by atoms with van der Waals surface area (Å²) in [5.41, 5.74) is 0.642. The van der Waals surface area contributed by atoms with E-state index < -0.39 is 22.8 Å². The summed E-state index contributed by atoms with van der Waals surface area (Å²) in [6, 6.07) is 10.0. The highest BCUT2D eigenvalue weighted by atomic mass is 19.1. The van der Waals surface area contributed by atoms with Gasteiger partial charge in [-0.25, -0.2) is 4.39 Å². The van der Waals surface area contributed by atoms with Crippen LogP contribution in [0.2, 0.25) is 0 Å². The van der Waals surface area contributed by atoms with Crippen molar-refractivity contribution < 1.29 is 14.1 Å². The number of amides is 1. The summed E-state index contributed by atoms with van der Waals surface area (Å²) >= 11 is 0. The average molecular weight is 315 g/mol. The molecule has 1 unspecified atom stereocenters. The number of rotatable bonds is 3. The molecule has 1 amide bonds. The minimum Gasteiger partial charge on any atom is -0.364 e. The van der Waals surface area contributed by atoms with Gasteiger partial charge in [0.25, 0.3) is 11.6 Å². The summed E-state index contributed by atoms with van der Waals surface area (Å²) in [5, 5.41) is 14.1. The second kappa shape index (κ2) is 5.68. The summed E-state index contributed by atoms with van der Waals surface area (Å²) in [5.74, 6) is -0.977. The van der Waals surface area contributed by atoms with Crippen LogP contribution in [0.5, 0.6) is 0 Å². The van der Waals surface area contributed by atoms with Crippen LogP contribution in [0.25, 0.3) is 0 Å². The zero-order valence-corrected chi connectivity index (χ0v) is 12.3. The smallest absolute Gasteiger partial charge is 0.270 e. The number of nitrogens with zero attached hydrogens (tertiary/aromatic N) is 2. The minimum absolute atomic E-state index is 0.147. The summed E-state index contributed by atoms with van der Waals surface area (Å²) in [4.78, 5) is 24.5. The highest BCUT2D eigenvalue weighted by Gasteiger charge is 2.34. The van der Waals surface area contributed by atoms with Crippen molar-refractivity contribution in [1.29, 1.82) is 0 Å². The summed E-state index contributed by atoms with van der Waals surface area (Å²) < 4.78 is 14.1. The molecule has 118 valence electrons. The van der Waals surface area contributed by atoms with Crippen LogP contribution in [0.3, 0.4) is 0 Å². The summed E-state index contributed by atoms with van der Waals surface area (Å²) in [6.45, 7) is 1.87. The Labute approximate surface area is 131 Å². The topological polar surface area (TPSA) is 75.5 Å². The van der Waals surface area contributed by atoms with E-state index in [0.29, 0.717) is 12.1 Å². The number of carbonyl (C=O) groups excluding carboxylic acids is 1. The molecule has 0 radical (unpaired) electrons. The van der Waals surface area contributed by atoms with E-state index in [1.807, 2.05) is 6.92 Å². The molecule has 1 atom stereocenters. The van der Waals surface area contributed by atoms with Crippen LogP contribution in [-0.4, -0.2) is 17.0 Å². The van der Waals surface area contributed by atoms with Crippen molar-refractivity contribution in [3.8, 4) is 0 Å². The van der Waals surface area contributed by atoms with Crippen molar-refractivity contribution in [2.75, 3.05) is 10.2 Å². The first kappa shape index (κ1) is 15.0. The van der Waals surface area contributed by atoms with Crippen molar-refractivity contribution in [3.63, 3.8) is 0 Å². The van der Waals surface area contributed by atoms with Gasteiger partial charge in [-0.15, -0.1) is 0 Å². The van der Waals surface area contributed by atoms with Crippen LogP contribution in [0.1, 0.15) is 23.7 Å². The van der Waals surface area contributed by atoms with Crippen molar-refractivity contribution in [2.45, 2.75) is 19.5 Å². The highest BCUT2D eigenvalue weighted by molar-refractivity contribution is 6.12. The Kier molecular flexibility index (Phi) is 3.69. The maximum atomic E-state index is 14.1. The molecule has 6 nitrogen and oxygen atoms in total. The number of para-hydroxylation sites is 1. The molecule has 0 aliphatic carbocycles. The largest absolute Gasteiger partial charge is 0.364 e. The van der Waals surface area contributed by atoms with Gasteiger partial charge in [0.05, 0.1) is 16.2 Å². The molecule has 0 fully saturated rings. The molecule has 2 aromatic carbocycles. The molecular formula is C16H14FN3O3. The number of hydrogen-bond donors (Lipinski definition) is 1. The Bertz CT molecular complexity index is 794. The molecule has 0 saturated carbocycles. The van der Waals surface area contributed by atoms with Crippen LogP contribution >= 0.6 is 0 Å². The fourth-order valence-electron chi connectivity index (χ4n) is 2.67. The Morgan fingerprint density at radius 2 is 2.04 bits per heavy atom.